The standard InChI is InChI=1S/C25H20F9NO2.C23H19F6NO2.C2H2BrF3/c26-23(27,28)16-35-15-22(14-17-6-2-1-3-7-17,18-8-4-10-20(12-18)36-24(29,30)31)19-9-5-11-21(13-19)37-25(32,33)34;24-22(25,26)31-19-10-4-8-17(12-19)21(15-30,14-16-6-2-1-3-7-16)18-9-5-11-20(13-18)32-23(27,28)29;3-1-2(4,5)6/h1-13,35H,14-16H2;1-13H,14-15,30H2;1H2. The number of hydrogen-bond acceptors (Lipinski definition) is 6. The Morgan fingerprint density at radius 1 is 0.360 bits per heavy atom. The number of halogens is 19. The van der Waals surface area contributed by atoms with E-state index in [0.29, 0.717) is 16.7 Å². The van der Waals surface area contributed by atoms with Gasteiger partial charge >= 0.3 is 37.8 Å². The first-order valence-electron chi connectivity index (χ1n) is 21.4. The third-order valence-electron chi connectivity index (χ3n) is 10.4. The van der Waals surface area contributed by atoms with Crippen molar-refractivity contribution in [3.05, 3.63) is 191 Å². The highest BCUT2D eigenvalue weighted by Crippen LogP contribution is 2.42. The molecule has 0 atom stereocenters. The highest BCUT2D eigenvalue weighted by atomic mass is 79.9. The van der Waals surface area contributed by atoms with E-state index in [1.165, 1.54) is 48.5 Å². The van der Waals surface area contributed by atoms with Gasteiger partial charge in [-0.05, 0) is 94.8 Å². The van der Waals surface area contributed by atoms with Gasteiger partial charge in [0.2, 0.25) is 0 Å². The van der Waals surface area contributed by atoms with Crippen LogP contribution in [-0.2, 0) is 23.7 Å². The number of benzene rings is 6. The minimum atomic E-state index is -5.05. The maximum Gasteiger partial charge on any atom is 0.573 e. The number of nitrogens with one attached hydrogen (secondary N) is 1. The SMILES string of the molecule is FC(F)(F)CBr.FC(F)(F)CNCC(Cc1ccccc1)(c1cccc(OC(F)(F)F)c1)c1cccc(OC(F)(F)F)c1.NCC(Cc1ccccc1)(c1cccc(OC(F)(F)F)c1)c1cccc(OC(F)(F)F)c1. The summed E-state index contributed by atoms with van der Waals surface area (Å²) in [6.07, 6.45) is -28.4. The minimum Gasteiger partial charge on any atom is -0.406 e. The van der Waals surface area contributed by atoms with Gasteiger partial charge in [0, 0.05) is 23.9 Å². The Morgan fingerprint density at radius 2 is 0.640 bits per heavy atom. The highest BCUT2D eigenvalue weighted by Gasteiger charge is 2.41. The predicted molar refractivity (Wildman–Crippen MR) is 242 cm³/mol. The Labute approximate surface area is 424 Å². The van der Waals surface area contributed by atoms with Crippen LogP contribution in [0, 0.1) is 0 Å². The third kappa shape index (κ3) is 21.1. The monoisotopic (exact) mass is 1150 g/mol. The molecule has 6 aromatic rings. The van der Waals surface area contributed by atoms with Crippen LogP contribution in [0.4, 0.5) is 79.0 Å². The van der Waals surface area contributed by atoms with Crippen molar-refractivity contribution in [2.45, 2.75) is 61.5 Å². The molecule has 0 heterocycles. The van der Waals surface area contributed by atoms with Gasteiger partial charge in [0.05, 0.1) is 11.9 Å². The summed E-state index contributed by atoms with van der Waals surface area (Å²) in [5, 5.41) is 1.35. The van der Waals surface area contributed by atoms with Crippen LogP contribution in [-0.4, -0.2) is 62.8 Å². The van der Waals surface area contributed by atoms with Crippen LogP contribution >= 0.6 is 15.9 Å². The molecule has 0 unspecified atom stereocenters. The number of alkyl halides is 19. The molecule has 0 fully saturated rings. The molecule has 6 rings (SSSR count). The average molecular weight is 1160 g/mol. The van der Waals surface area contributed by atoms with E-state index < -0.39 is 90.0 Å². The van der Waals surface area contributed by atoms with Gasteiger partial charge in [-0.3, -0.25) is 0 Å². The highest BCUT2D eigenvalue weighted by molar-refractivity contribution is 9.09. The van der Waals surface area contributed by atoms with E-state index in [9.17, 15) is 79.0 Å². The summed E-state index contributed by atoms with van der Waals surface area (Å²) >= 11 is 2.24. The molecule has 0 aliphatic carbocycles. The van der Waals surface area contributed by atoms with Crippen LogP contribution in [0.15, 0.2) is 158 Å². The van der Waals surface area contributed by atoms with E-state index >= 15 is 0 Å². The Morgan fingerprint density at radius 3 is 0.893 bits per heavy atom. The van der Waals surface area contributed by atoms with Gasteiger partial charge in [-0.25, -0.2) is 0 Å². The molecule has 0 aromatic heterocycles. The quantitative estimate of drug-likeness (QED) is 0.0743. The van der Waals surface area contributed by atoms with Gasteiger partial charge in [0.15, 0.2) is 0 Å². The first-order chi connectivity index (χ1) is 34.7. The normalized spacial score (nSPS) is 12.6. The fourth-order valence-corrected chi connectivity index (χ4v) is 7.59. The molecule has 0 amide bonds. The summed E-state index contributed by atoms with van der Waals surface area (Å²) < 4.78 is 241. The Balaban J connectivity index is 0.000000295. The van der Waals surface area contributed by atoms with Crippen LogP contribution < -0.4 is 30.0 Å². The molecule has 0 spiro atoms. The second kappa shape index (κ2) is 25.5. The fraction of sp³-hybridized carbons (Fsp3) is 0.280. The van der Waals surface area contributed by atoms with Crippen molar-refractivity contribution < 1.29 is 98.0 Å². The van der Waals surface area contributed by atoms with Crippen LogP contribution in [0.3, 0.4) is 0 Å². The van der Waals surface area contributed by atoms with E-state index in [4.69, 9.17) is 5.73 Å². The van der Waals surface area contributed by atoms with Crippen LogP contribution in [0.25, 0.3) is 0 Å². The Hall–Kier alpha value is -6.34. The van der Waals surface area contributed by atoms with Crippen molar-refractivity contribution in [2.75, 3.05) is 25.0 Å². The van der Waals surface area contributed by atoms with Gasteiger partial charge in [-0.15, -0.1) is 52.7 Å². The molecular weight excluding hydrogens is 1110 g/mol. The lowest BCUT2D eigenvalue weighted by atomic mass is 9.70. The third-order valence-corrected chi connectivity index (χ3v) is 11.1. The van der Waals surface area contributed by atoms with Crippen LogP contribution in [0.1, 0.15) is 33.4 Å². The molecule has 75 heavy (non-hydrogen) atoms. The maximum absolute atomic E-state index is 13.0. The molecule has 3 N–H and O–H groups in total. The first kappa shape index (κ1) is 61.2. The van der Waals surface area contributed by atoms with Gasteiger partial charge < -0.3 is 30.0 Å². The van der Waals surface area contributed by atoms with E-state index in [2.05, 4.69) is 40.2 Å². The van der Waals surface area contributed by atoms with Crippen LogP contribution in [0.5, 0.6) is 23.0 Å². The molecular formula is C50H41BrF18N2O4. The molecule has 0 saturated carbocycles. The van der Waals surface area contributed by atoms with E-state index in [-0.39, 0.29) is 30.5 Å². The summed E-state index contributed by atoms with van der Waals surface area (Å²) in [5.74, 6) is -2.19. The molecule has 6 nitrogen and oxygen atoms in total. The van der Waals surface area contributed by atoms with Crippen molar-refractivity contribution in [3.63, 3.8) is 0 Å². The topological polar surface area (TPSA) is 75.0 Å². The van der Waals surface area contributed by atoms with Crippen molar-refractivity contribution in [1.29, 1.82) is 0 Å². The largest absolute Gasteiger partial charge is 0.573 e. The zero-order valence-electron chi connectivity index (χ0n) is 38.1. The van der Waals surface area contributed by atoms with Gasteiger partial charge in [0.1, 0.15) is 23.0 Å². The molecule has 408 valence electrons. The van der Waals surface area contributed by atoms with Crippen molar-refractivity contribution in [3.8, 4) is 23.0 Å². The van der Waals surface area contributed by atoms with Gasteiger partial charge in [-0.1, -0.05) is 125 Å². The van der Waals surface area contributed by atoms with Crippen molar-refractivity contribution in [2.24, 2.45) is 5.73 Å². The molecule has 6 aromatic carbocycles. The number of hydrogen-bond donors (Lipinski definition) is 2. The second-order valence-corrected chi connectivity index (χ2v) is 16.5. The first-order valence-corrected chi connectivity index (χ1v) is 22.5. The number of nitrogens with two attached hydrogens (primary N) is 1. The van der Waals surface area contributed by atoms with Crippen LogP contribution in [0.2, 0.25) is 0 Å². The number of ether oxygens (including phenoxy) is 4. The molecule has 0 bridgehead atoms. The van der Waals surface area contributed by atoms with Crippen molar-refractivity contribution >= 4 is 15.9 Å². The zero-order valence-corrected chi connectivity index (χ0v) is 39.7. The zero-order chi connectivity index (χ0) is 55.9. The van der Waals surface area contributed by atoms with Gasteiger partial charge in [-0.2, -0.15) is 26.3 Å². The van der Waals surface area contributed by atoms with Gasteiger partial charge in [0.25, 0.3) is 0 Å². The average Bonchev–Trinajstić information content (AvgIpc) is 3.29. The Bertz CT molecular complexity index is 2560. The lowest BCUT2D eigenvalue weighted by Crippen LogP contribution is -2.44. The van der Waals surface area contributed by atoms with Crippen molar-refractivity contribution in [1.82, 2.24) is 5.32 Å². The summed E-state index contributed by atoms with van der Waals surface area (Å²) in [5.41, 5.74) is 5.66. The van der Waals surface area contributed by atoms with E-state index in [0.717, 1.165) is 42.0 Å². The predicted octanol–water partition coefficient (Wildman–Crippen LogP) is 15.1. The summed E-state index contributed by atoms with van der Waals surface area (Å²) in [6.45, 7) is -2.04. The lowest BCUT2D eigenvalue weighted by Gasteiger charge is -2.36. The summed E-state index contributed by atoms with van der Waals surface area (Å²) in [4.78, 5) is 0. The molecule has 0 aliphatic rings. The van der Waals surface area contributed by atoms with E-state index in [1.807, 2.05) is 0 Å². The fourth-order valence-electron chi connectivity index (χ4n) is 7.59. The smallest absolute Gasteiger partial charge is 0.406 e. The Kier molecular flexibility index (Phi) is 20.8. The molecule has 0 saturated heterocycles. The lowest BCUT2D eigenvalue weighted by molar-refractivity contribution is -0.275. The second-order valence-electron chi connectivity index (χ2n) is 16.0. The molecule has 0 radical (unpaired) electrons. The summed E-state index contributed by atoms with van der Waals surface area (Å²) in [7, 11) is 0. The molecule has 0 aliphatic heterocycles. The summed E-state index contributed by atoms with van der Waals surface area (Å²) in [6, 6.07) is 37.0. The number of rotatable bonds is 16. The maximum atomic E-state index is 13.0. The molecule has 25 heteroatoms. The van der Waals surface area contributed by atoms with E-state index in [1.54, 1.807) is 72.8 Å². The minimum absolute atomic E-state index is 0.0797.